The Bertz CT molecular complexity index is 989. The number of aryl methyl sites for hydroxylation is 1. The molecule has 0 saturated carbocycles. The highest BCUT2D eigenvalue weighted by Crippen LogP contribution is 2.33. The third-order valence-corrected chi connectivity index (χ3v) is 4.72. The summed E-state index contributed by atoms with van der Waals surface area (Å²) >= 11 is 7.25. The molecule has 0 spiro atoms. The lowest BCUT2D eigenvalue weighted by Crippen LogP contribution is -2.21. The Morgan fingerprint density at radius 1 is 1.32 bits per heavy atom. The zero-order chi connectivity index (χ0) is 20.3. The smallest absolute Gasteiger partial charge is 0.435 e. The molecule has 12 heteroatoms. The van der Waals surface area contributed by atoms with Crippen LogP contribution in [0.4, 0.5) is 18.3 Å². The SMILES string of the molecule is CCc1nnc(NC(=O)COc2cc(C(F)(F)F)nn2-c2ccccc2Cl)s1. The lowest BCUT2D eigenvalue weighted by atomic mass is 10.3. The zero-order valence-corrected chi connectivity index (χ0v) is 15.9. The molecule has 7 nitrogen and oxygen atoms in total. The minimum atomic E-state index is -4.68. The maximum Gasteiger partial charge on any atom is 0.435 e. The fourth-order valence-corrected chi connectivity index (χ4v) is 3.05. The highest BCUT2D eigenvalue weighted by Gasteiger charge is 2.36. The molecule has 0 aliphatic carbocycles. The molecule has 148 valence electrons. The quantitative estimate of drug-likeness (QED) is 0.638. The van der Waals surface area contributed by atoms with Gasteiger partial charge in [0.25, 0.3) is 5.91 Å². The first-order valence-electron chi connectivity index (χ1n) is 7.95. The molecule has 0 aliphatic heterocycles. The molecule has 0 unspecified atom stereocenters. The van der Waals surface area contributed by atoms with E-state index in [1.54, 1.807) is 12.1 Å². The average Bonchev–Trinajstić information content (AvgIpc) is 3.27. The van der Waals surface area contributed by atoms with Gasteiger partial charge in [0, 0.05) is 6.07 Å². The second kappa shape index (κ2) is 8.15. The molecular weight excluding hydrogens is 419 g/mol. The molecule has 28 heavy (non-hydrogen) atoms. The van der Waals surface area contributed by atoms with E-state index < -0.39 is 24.4 Å². The van der Waals surface area contributed by atoms with Crippen LogP contribution in [0.15, 0.2) is 30.3 Å². The number of benzene rings is 1. The Morgan fingerprint density at radius 3 is 2.71 bits per heavy atom. The van der Waals surface area contributed by atoms with E-state index in [1.807, 2.05) is 6.92 Å². The molecule has 0 atom stereocenters. The summed E-state index contributed by atoms with van der Waals surface area (Å²) in [6.45, 7) is 1.35. The third kappa shape index (κ3) is 4.60. The number of carbonyl (C=O) groups excluding carboxylic acids is 1. The molecule has 2 heterocycles. The number of aromatic nitrogens is 4. The van der Waals surface area contributed by atoms with E-state index in [4.69, 9.17) is 16.3 Å². The number of halogens is 4. The van der Waals surface area contributed by atoms with Crippen molar-refractivity contribution in [3.05, 3.63) is 46.1 Å². The topological polar surface area (TPSA) is 81.9 Å². The largest absolute Gasteiger partial charge is 0.467 e. The maximum absolute atomic E-state index is 13.1. The molecular formula is C16H13ClF3N5O2S. The number of ether oxygens (including phenoxy) is 1. The van der Waals surface area contributed by atoms with Gasteiger partial charge in [0.2, 0.25) is 11.0 Å². The van der Waals surface area contributed by atoms with E-state index in [2.05, 4.69) is 20.6 Å². The van der Waals surface area contributed by atoms with Crippen LogP contribution in [-0.4, -0.2) is 32.5 Å². The Morgan fingerprint density at radius 2 is 2.07 bits per heavy atom. The lowest BCUT2D eigenvalue weighted by molar-refractivity contribution is -0.141. The molecule has 0 bridgehead atoms. The number of anilines is 1. The first kappa shape index (κ1) is 20.1. The molecule has 0 radical (unpaired) electrons. The Kier molecular flexibility index (Phi) is 5.84. The van der Waals surface area contributed by atoms with E-state index in [0.29, 0.717) is 12.5 Å². The van der Waals surface area contributed by atoms with Crippen molar-refractivity contribution in [2.75, 3.05) is 11.9 Å². The molecule has 0 saturated heterocycles. The number of nitrogens with zero attached hydrogens (tertiary/aromatic N) is 4. The second-order valence-corrected chi connectivity index (χ2v) is 6.89. The molecule has 0 fully saturated rings. The van der Waals surface area contributed by atoms with Crippen LogP contribution in [0.25, 0.3) is 5.69 Å². The summed E-state index contributed by atoms with van der Waals surface area (Å²) in [5.41, 5.74) is -0.980. The predicted molar refractivity (Wildman–Crippen MR) is 97.0 cm³/mol. The summed E-state index contributed by atoms with van der Waals surface area (Å²) in [6, 6.07) is 6.91. The molecule has 0 aliphatic rings. The van der Waals surface area contributed by atoms with Crippen molar-refractivity contribution in [3.63, 3.8) is 0 Å². The van der Waals surface area contributed by atoms with Gasteiger partial charge >= 0.3 is 6.18 Å². The van der Waals surface area contributed by atoms with Crippen LogP contribution in [0, 0.1) is 0 Å². The number of hydrogen-bond donors (Lipinski definition) is 1. The molecule has 1 amide bonds. The number of carbonyl (C=O) groups is 1. The number of hydrogen-bond acceptors (Lipinski definition) is 6. The van der Waals surface area contributed by atoms with Crippen LogP contribution in [0.1, 0.15) is 17.6 Å². The minimum Gasteiger partial charge on any atom is -0.467 e. The van der Waals surface area contributed by atoms with Crippen molar-refractivity contribution in [3.8, 4) is 11.6 Å². The highest BCUT2D eigenvalue weighted by atomic mass is 35.5. The first-order chi connectivity index (χ1) is 13.3. The van der Waals surface area contributed by atoms with Gasteiger partial charge in [-0.25, -0.2) is 0 Å². The van der Waals surface area contributed by atoms with E-state index in [0.717, 1.165) is 9.69 Å². The van der Waals surface area contributed by atoms with Crippen molar-refractivity contribution in [1.29, 1.82) is 0 Å². The summed E-state index contributed by atoms with van der Waals surface area (Å²) < 4.78 is 45.4. The standard InChI is InChI=1S/C16H13ClF3N5O2S/c1-2-13-22-23-15(28-13)21-12(26)8-27-14-7-11(16(18,19)20)24-25(14)10-6-4-3-5-9(10)17/h3-7H,2,8H2,1H3,(H,21,23,26). The van der Waals surface area contributed by atoms with Gasteiger partial charge < -0.3 is 4.74 Å². The zero-order valence-electron chi connectivity index (χ0n) is 14.3. The van der Waals surface area contributed by atoms with Gasteiger partial charge in [-0.05, 0) is 18.6 Å². The van der Waals surface area contributed by atoms with E-state index >= 15 is 0 Å². The van der Waals surface area contributed by atoms with Crippen molar-refractivity contribution >= 4 is 34.0 Å². The van der Waals surface area contributed by atoms with Gasteiger partial charge in [0.1, 0.15) is 5.01 Å². The number of amides is 1. The van der Waals surface area contributed by atoms with Crippen molar-refractivity contribution in [2.24, 2.45) is 0 Å². The third-order valence-electron chi connectivity index (χ3n) is 3.41. The molecule has 3 rings (SSSR count). The number of alkyl halides is 3. The summed E-state index contributed by atoms with van der Waals surface area (Å²) in [5, 5.41) is 14.8. The van der Waals surface area contributed by atoms with Crippen LogP contribution >= 0.6 is 22.9 Å². The fourth-order valence-electron chi connectivity index (χ4n) is 2.14. The first-order valence-corrected chi connectivity index (χ1v) is 9.14. The van der Waals surface area contributed by atoms with Crippen molar-refractivity contribution in [2.45, 2.75) is 19.5 Å². The number of nitrogens with one attached hydrogen (secondary N) is 1. The minimum absolute atomic E-state index is 0.176. The Hall–Kier alpha value is -2.66. The van der Waals surface area contributed by atoms with Gasteiger partial charge in [-0.3, -0.25) is 10.1 Å². The highest BCUT2D eigenvalue weighted by molar-refractivity contribution is 7.15. The van der Waals surface area contributed by atoms with E-state index in [-0.39, 0.29) is 21.7 Å². The van der Waals surface area contributed by atoms with Gasteiger partial charge in [-0.2, -0.15) is 23.0 Å². The van der Waals surface area contributed by atoms with E-state index in [9.17, 15) is 18.0 Å². The monoisotopic (exact) mass is 431 g/mol. The summed E-state index contributed by atoms with van der Waals surface area (Å²) in [4.78, 5) is 12.0. The summed E-state index contributed by atoms with van der Waals surface area (Å²) in [5.74, 6) is -0.874. The average molecular weight is 432 g/mol. The number of rotatable bonds is 6. The van der Waals surface area contributed by atoms with Crippen LogP contribution in [-0.2, 0) is 17.4 Å². The maximum atomic E-state index is 13.1. The molecule has 1 aromatic carbocycles. The van der Waals surface area contributed by atoms with Gasteiger partial charge in [0.05, 0.1) is 10.7 Å². The lowest BCUT2D eigenvalue weighted by Gasteiger charge is -2.10. The fraction of sp³-hybridized carbons (Fsp3) is 0.250. The summed E-state index contributed by atoms with van der Waals surface area (Å²) in [6.07, 6.45) is -4.02. The molecule has 2 aromatic heterocycles. The van der Waals surface area contributed by atoms with Crippen molar-refractivity contribution in [1.82, 2.24) is 20.0 Å². The van der Waals surface area contributed by atoms with Crippen LogP contribution in [0.5, 0.6) is 5.88 Å². The van der Waals surface area contributed by atoms with Crippen LogP contribution < -0.4 is 10.1 Å². The molecule has 1 N–H and O–H groups in total. The summed E-state index contributed by atoms with van der Waals surface area (Å²) in [7, 11) is 0. The van der Waals surface area contributed by atoms with Crippen LogP contribution in [0.2, 0.25) is 5.02 Å². The predicted octanol–water partition coefficient (Wildman–Crippen LogP) is 3.98. The van der Waals surface area contributed by atoms with E-state index in [1.165, 1.54) is 23.5 Å². The second-order valence-electron chi connectivity index (χ2n) is 5.42. The van der Waals surface area contributed by atoms with Gasteiger partial charge in [-0.15, -0.1) is 10.2 Å². The van der Waals surface area contributed by atoms with Gasteiger partial charge in [-0.1, -0.05) is 42.0 Å². The molecule has 3 aromatic rings. The Labute approximate surface area is 166 Å². The van der Waals surface area contributed by atoms with Gasteiger partial charge in [0.15, 0.2) is 12.3 Å². The Balaban J connectivity index is 1.79. The normalized spacial score (nSPS) is 11.5. The number of para-hydroxylation sites is 1. The van der Waals surface area contributed by atoms with Crippen LogP contribution in [0.3, 0.4) is 0 Å². The van der Waals surface area contributed by atoms with Crippen molar-refractivity contribution < 1.29 is 22.7 Å².